The summed E-state index contributed by atoms with van der Waals surface area (Å²) in [6, 6.07) is 13.7. The van der Waals surface area contributed by atoms with E-state index in [1.54, 1.807) is 0 Å². The van der Waals surface area contributed by atoms with Crippen LogP contribution in [0.15, 0.2) is 51.4 Å². The summed E-state index contributed by atoms with van der Waals surface area (Å²) in [5, 5.41) is 0. The van der Waals surface area contributed by atoms with Gasteiger partial charge < -0.3 is 0 Å². The minimum atomic E-state index is 0.123. The second kappa shape index (κ2) is 5.81. The molecule has 0 heterocycles. The Bertz CT molecular complexity index is 574. The molecule has 0 aromatic heterocycles. The number of hydrogen-bond acceptors (Lipinski definition) is 1. The van der Waals surface area contributed by atoms with Crippen LogP contribution in [0.1, 0.15) is 21.5 Å². The first-order valence-electron chi connectivity index (χ1n) is 5.60. The van der Waals surface area contributed by atoms with Gasteiger partial charge in [-0.1, -0.05) is 61.7 Å². The molecule has 2 rings (SSSR count). The maximum atomic E-state index is 12.2. The highest BCUT2D eigenvalue weighted by Gasteiger charge is 2.10. The van der Waals surface area contributed by atoms with Crippen LogP contribution >= 0.6 is 31.9 Å². The Morgan fingerprint density at radius 1 is 1.06 bits per heavy atom. The van der Waals surface area contributed by atoms with Crippen molar-refractivity contribution >= 4 is 37.6 Å². The van der Waals surface area contributed by atoms with Gasteiger partial charge in [-0.05, 0) is 30.7 Å². The zero-order chi connectivity index (χ0) is 13.1. The molecule has 0 aliphatic rings. The van der Waals surface area contributed by atoms with E-state index in [0.717, 1.165) is 20.1 Å². The van der Waals surface area contributed by atoms with Gasteiger partial charge in [0.05, 0.1) is 0 Å². The van der Waals surface area contributed by atoms with Gasteiger partial charge in [-0.2, -0.15) is 0 Å². The van der Waals surface area contributed by atoms with Crippen LogP contribution in [0.2, 0.25) is 0 Å². The zero-order valence-corrected chi connectivity index (χ0v) is 13.1. The topological polar surface area (TPSA) is 17.1 Å². The van der Waals surface area contributed by atoms with Crippen molar-refractivity contribution in [3.05, 3.63) is 68.1 Å². The molecule has 0 spiro atoms. The van der Waals surface area contributed by atoms with Crippen LogP contribution in [-0.4, -0.2) is 5.78 Å². The number of halogens is 2. The second-order valence-corrected chi connectivity index (χ2v) is 5.98. The summed E-state index contributed by atoms with van der Waals surface area (Å²) in [6.07, 6.45) is 0.431. The van der Waals surface area contributed by atoms with Crippen molar-refractivity contribution in [3.63, 3.8) is 0 Å². The number of benzene rings is 2. The van der Waals surface area contributed by atoms with Crippen LogP contribution in [0.3, 0.4) is 0 Å². The van der Waals surface area contributed by atoms with Gasteiger partial charge in [0.25, 0.3) is 0 Å². The van der Waals surface area contributed by atoms with E-state index in [0.29, 0.717) is 6.42 Å². The summed E-state index contributed by atoms with van der Waals surface area (Å²) >= 11 is 6.80. The van der Waals surface area contributed by atoms with E-state index in [9.17, 15) is 4.79 Å². The SMILES string of the molecule is Cc1ccc(CC(=O)c2ccc(Br)cc2Br)cc1. The number of aryl methyl sites for hydroxylation is 1. The molecule has 0 N–H and O–H groups in total. The predicted molar refractivity (Wildman–Crippen MR) is 81.1 cm³/mol. The van der Waals surface area contributed by atoms with Crippen LogP contribution in [0.4, 0.5) is 0 Å². The zero-order valence-electron chi connectivity index (χ0n) is 9.91. The van der Waals surface area contributed by atoms with Crippen LogP contribution in [0.25, 0.3) is 0 Å². The van der Waals surface area contributed by atoms with Crippen LogP contribution in [0, 0.1) is 6.92 Å². The van der Waals surface area contributed by atoms with Gasteiger partial charge in [-0.3, -0.25) is 4.79 Å². The lowest BCUT2D eigenvalue weighted by Gasteiger charge is -2.05. The summed E-state index contributed by atoms with van der Waals surface area (Å²) in [5.41, 5.74) is 2.97. The Balaban J connectivity index is 2.19. The van der Waals surface area contributed by atoms with E-state index in [1.807, 2.05) is 49.4 Å². The molecular weight excluding hydrogens is 356 g/mol. The van der Waals surface area contributed by atoms with Crippen molar-refractivity contribution in [1.82, 2.24) is 0 Å². The first-order chi connectivity index (χ1) is 8.56. The van der Waals surface area contributed by atoms with Crippen molar-refractivity contribution in [2.45, 2.75) is 13.3 Å². The molecule has 0 amide bonds. The first-order valence-corrected chi connectivity index (χ1v) is 7.18. The fourth-order valence-corrected chi connectivity index (χ4v) is 2.97. The average Bonchev–Trinajstić information content (AvgIpc) is 2.32. The number of carbonyl (C=O) groups is 1. The summed E-state index contributed by atoms with van der Waals surface area (Å²) in [7, 11) is 0. The molecule has 0 aliphatic carbocycles. The smallest absolute Gasteiger partial charge is 0.168 e. The highest BCUT2D eigenvalue weighted by Crippen LogP contribution is 2.23. The van der Waals surface area contributed by atoms with Crippen molar-refractivity contribution < 1.29 is 4.79 Å². The molecule has 2 aromatic carbocycles. The fraction of sp³-hybridized carbons (Fsp3) is 0.133. The molecule has 2 aromatic rings. The molecule has 18 heavy (non-hydrogen) atoms. The Labute approximate surface area is 123 Å². The third kappa shape index (κ3) is 3.30. The second-order valence-electron chi connectivity index (χ2n) is 4.21. The summed E-state index contributed by atoms with van der Waals surface area (Å²) in [4.78, 5) is 12.2. The van der Waals surface area contributed by atoms with Gasteiger partial charge in [0.1, 0.15) is 0 Å². The minimum Gasteiger partial charge on any atom is -0.294 e. The summed E-state index contributed by atoms with van der Waals surface area (Å²) < 4.78 is 1.79. The highest BCUT2D eigenvalue weighted by molar-refractivity contribution is 9.11. The molecule has 0 bridgehead atoms. The van der Waals surface area contributed by atoms with Gasteiger partial charge in [0.15, 0.2) is 5.78 Å². The lowest BCUT2D eigenvalue weighted by molar-refractivity contribution is 0.0992. The molecule has 0 unspecified atom stereocenters. The van der Waals surface area contributed by atoms with E-state index >= 15 is 0 Å². The molecule has 3 heteroatoms. The van der Waals surface area contributed by atoms with Gasteiger partial charge in [-0.25, -0.2) is 0 Å². The molecule has 0 aliphatic heterocycles. The van der Waals surface area contributed by atoms with E-state index in [-0.39, 0.29) is 5.78 Å². The lowest BCUT2D eigenvalue weighted by atomic mass is 10.0. The largest absolute Gasteiger partial charge is 0.294 e. The van der Waals surface area contributed by atoms with Crippen molar-refractivity contribution in [1.29, 1.82) is 0 Å². The predicted octanol–water partition coefficient (Wildman–Crippen LogP) is 4.95. The molecule has 0 fully saturated rings. The van der Waals surface area contributed by atoms with Gasteiger partial charge in [0.2, 0.25) is 0 Å². The Kier molecular flexibility index (Phi) is 4.36. The molecule has 0 atom stereocenters. The lowest BCUT2D eigenvalue weighted by Crippen LogP contribution is -2.04. The van der Waals surface area contributed by atoms with Gasteiger partial charge >= 0.3 is 0 Å². The molecule has 0 saturated carbocycles. The molecule has 0 saturated heterocycles. The van der Waals surface area contributed by atoms with E-state index in [1.165, 1.54) is 5.56 Å². The van der Waals surface area contributed by atoms with Crippen molar-refractivity contribution in [2.75, 3.05) is 0 Å². The fourth-order valence-electron chi connectivity index (χ4n) is 1.70. The first kappa shape index (κ1) is 13.5. The number of hydrogen-bond donors (Lipinski definition) is 0. The van der Waals surface area contributed by atoms with E-state index < -0.39 is 0 Å². The molecular formula is C15H12Br2O. The quantitative estimate of drug-likeness (QED) is 0.701. The highest BCUT2D eigenvalue weighted by atomic mass is 79.9. The third-order valence-corrected chi connectivity index (χ3v) is 3.87. The van der Waals surface area contributed by atoms with E-state index in [4.69, 9.17) is 0 Å². The van der Waals surface area contributed by atoms with Crippen molar-refractivity contribution in [3.8, 4) is 0 Å². The Hall–Kier alpha value is -0.930. The Morgan fingerprint density at radius 2 is 1.72 bits per heavy atom. The van der Waals surface area contributed by atoms with Gasteiger partial charge in [-0.15, -0.1) is 0 Å². The standard InChI is InChI=1S/C15H12Br2O/c1-10-2-4-11(5-3-10)8-15(18)13-7-6-12(16)9-14(13)17/h2-7,9H,8H2,1H3. The van der Waals surface area contributed by atoms with Crippen LogP contribution < -0.4 is 0 Å². The van der Waals surface area contributed by atoms with Crippen LogP contribution in [-0.2, 0) is 6.42 Å². The van der Waals surface area contributed by atoms with Crippen LogP contribution in [0.5, 0.6) is 0 Å². The number of carbonyl (C=O) groups excluding carboxylic acids is 1. The maximum Gasteiger partial charge on any atom is 0.168 e. The average molecular weight is 368 g/mol. The normalized spacial score (nSPS) is 10.4. The number of Topliss-reactive ketones (excluding diaryl/α,β-unsaturated/α-hetero) is 1. The maximum absolute atomic E-state index is 12.2. The molecule has 1 nitrogen and oxygen atoms in total. The van der Waals surface area contributed by atoms with Gasteiger partial charge in [0, 0.05) is 20.9 Å². The molecule has 92 valence electrons. The number of ketones is 1. The summed E-state index contributed by atoms with van der Waals surface area (Å²) in [6.45, 7) is 2.04. The van der Waals surface area contributed by atoms with E-state index in [2.05, 4.69) is 31.9 Å². The minimum absolute atomic E-state index is 0.123. The monoisotopic (exact) mass is 366 g/mol. The summed E-state index contributed by atoms with van der Waals surface area (Å²) in [5.74, 6) is 0.123. The molecule has 0 radical (unpaired) electrons. The Morgan fingerprint density at radius 3 is 2.33 bits per heavy atom. The van der Waals surface area contributed by atoms with Crippen molar-refractivity contribution in [2.24, 2.45) is 0 Å². The third-order valence-electron chi connectivity index (χ3n) is 2.72. The number of rotatable bonds is 3.